The average molecular weight is 287 g/mol. The predicted molar refractivity (Wildman–Crippen MR) is 89.4 cm³/mol. The van der Waals surface area contributed by atoms with Crippen LogP contribution in [0.15, 0.2) is 47.8 Å². The standard InChI is InChI=1S/C18H25NS/c1-4-9-16(15-10-6-5-7-11-15)19-14-18(2,3)17-12-8-13-20-17/h5-8,10-13,16,19H,4,9,14H2,1-3H3. The fourth-order valence-corrected chi connectivity index (χ4v) is 3.34. The lowest BCUT2D eigenvalue weighted by atomic mass is 9.90. The fourth-order valence-electron chi connectivity index (χ4n) is 2.49. The third-order valence-corrected chi connectivity index (χ3v) is 4.99. The van der Waals surface area contributed by atoms with Gasteiger partial charge in [0, 0.05) is 22.9 Å². The molecule has 0 aliphatic rings. The highest BCUT2D eigenvalue weighted by Gasteiger charge is 2.23. The second kappa shape index (κ2) is 7.05. The van der Waals surface area contributed by atoms with Crippen molar-refractivity contribution in [3.63, 3.8) is 0 Å². The molecule has 1 nitrogen and oxygen atoms in total. The maximum atomic E-state index is 3.77. The quantitative estimate of drug-likeness (QED) is 0.742. The van der Waals surface area contributed by atoms with Crippen molar-refractivity contribution >= 4 is 11.3 Å². The second-order valence-corrected chi connectivity index (χ2v) is 6.94. The van der Waals surface area contributed by atoms with Gasteiger partial charge in [0.1, 0.15) is 0 Å². The average Bonchev–Trinajstić information content (AvgIpc) is 2.99. The number of rotatable bonds is 7. The molecule has 0 aliphatic carbocycles. The molecule has 1 atom stereocenters. The van der Waals surface area contributed by atoms with Crippen LogP contribution in [0.1, 0.15) is 50.1 Å². The molecule has 108 valence electrons. The summed E-state index contributed by atoms with van der Waals surface area (Å²) in [5.41, 5.74) is 1.59. The monoisotopic (exact) mass is 287 g/mol. The van der Waals surface area contributed by atoms with Crippen molar-refractivity contribution in [2.45, 2.75) is 45.1 Å². The highest BCUT2D eigenvalue weighted by Crippen LogP contribution is 2.28. The van der Waals surface area contributed by atoms with Gasteiger partial charge >= 0.3 is 0 Å². The van der Waals surface area contributed by atoms with Crippen molar-refractivity contribution in [3.8, 4) is 0 Å². The smallest absolute Gasteiger partial charge is 0.0320 e. The summed E-state index contributed by atoms with van der Waals surface area (Å²) >= 11 is 1.85. The number of hydrogen-bond donors (Lipinski definition) is 1. The second-order valence-electron chi connectivity index (χ2n) is 5.99. The Morgan fingerprint density at radius 2 is 1.85 bits per heavy atom. The number of benzene rings is 1. The van der Waals surface area contributed by atoms with Crippen LogP contribution in [-0.4, -0.2) is 6.54 Å². The maximum Gasteiger partial charge on any atom is 0.0320 e. The van der Waals surface area contributed by atoms with Crippen LogP contribution in [0.5, 0.6) is 0 Å². The molecule has 0 bridgehead atoms. The van der Waals surface area contributed by atoms with Gasteiger partial charge in [0.15, 0.2) is 0 Å². The number of thiophene rings is 1. The van der Waals surface area contributed by atoms with Crippen LogP contribution >= 0.6 is 11.3 Å². The zero-order valence-electron chi connectivity index (χ0n) is 12.7. The van der Waals surface area contributed by atoms with Gasteiger partial charge in [-0.25, -0.2) is 0 Å². The molecular weight excluding hydrogens is 262 g/mol. The largest absolute Gasteiger partial charge is 0.309 e. The molecule has 1 heterocycles. The van der Waals surface area contributed by atoms with E-state index in [0.717, 1.165) is 6.54 Å². The Balaban J connectivity index is 2.03. The first-order valence-electron chi connectivity index (χ1n) is 7.46. The SMILES string of the molecule is CCCC(NCC(C)(C)c1cccs1)c1ccccc1. The summed E-state index contributed by atoms with van der Waals surface area (Å²) in [6.07, 6.45) is 2.39. The predicted octanol–water partition coefficient (Wildman–Crippen LogP) is 5.16. The van der Waals surface area contributed by atoms with Crippen molar-refractivity contribution in [2.24, 2.45) is 0 Å². The molecular formula is C18H25NS. The van der Waals surface area contributed by atoms with Crippen LogP contribution in [-0.2, 0) is 5.41 Å². The lowest BCUT2D eigenvalue weighted by molar-refractivity contribution is 0.411. The van der Waals surface area contributed by atoms with Gasteiger partial charge in [-0.15, -0.1) is 11.3 Å². The molecule has 1 aromatic heterocycles. The van der Waals surface area contributed by atoms with E-state index in [2.05, 4.69) is 73.9 Å². The molecule has 0 fully saturated rings. The molecule has 1 N–H and O–H groups in total. The van der Waals surface area contributed by atoms with Gasteiger partial charge in [-0.2, -0.15) is 0 Å². The van der Waals surface area contributed by atoms with Gasteiger partial charge in [0.05, 0.1) is 0 Å². The summed E-state index contributed by atoms with van der Waals surface area (Å²) in [5.74, 6) is 0. The van der Waals surface area contributed by atoms with Crippen LogP contribution in [0.2, 0.25) is 0 Å². The summed E-state index contributed by atoms with van der Waals surface area (Å²) in [6.45, 7) is 7.90. The van der Waals surface area contributed by atoms with Gasteiger partial charge in [-0.05, 0) is 23.4 Å². The van der Waals surface area contributed by atoms with Crippen molar-refractivity contribution in [1.82, 2.24) is 5.32 Å². The van der Waals surface area contributed by atoms with E-state index < -0.39 is 0 Å². The molecule has 1 aromatic carbocycles. The summed E-state index contributed by atoms with van der Waals surface area (Å²) in [4.78, 5) is 1.45. The normalized spacial score (nSPS) is 13.3. The summed E-state index contributed by atoms with van der Waals surface area (Å²) in [6, 6.07) is 15.6. The van der Waals surface area contributed by atoms with E-state index >= 15 is 0 Å². The summed E-state index contributed by atoms with van der Waals surface area (Å²) < 4.78 is 0. The van der Waals surface area contributed by atoms with Crippen LogP contribution in [0.4, 0.5) is 0 Å². The molecule has 1 unspecified atom stereocenters. The van der Waals surface area contributed by atoms with E-state index in [9.17, 15) is 0 Å². The summed E-state index contributed by atoms with van der Waals surface area (Å²) in [7, 11) is 0. The van der Waals surface area contributed by atoms with Crippen LogP contribution < -0.4 is 5.32 Å². The maximum absolute atomic E-state index is 3.77. The Morgan fingerprint density at radius 3 is 2.45 bits per heavy atom. The molecule has 0 saturated heterocycles. The van der Waals surface area contributed by atoms with Crippen molar-refractivity contribution in [1.29, 1.82) is 0 Å². The molecule has 2 aromatic rings. The molecule has 0 radical (unpaired) electrons. The molecule has 2 heteroatoms. The minimum atomic E-state index is 0.189. The Bertz CT molecular complexity index is 487. The number of nitrogens with one attached hydrogen (secondary N) is 1. The van der Waals surface area contributed by atoms with Gasteiger partial charge in [-0.1, -0.05) is 63.6 Å². The first-order valence-corrected chi connectivity index (χ1v) is 8.34. The minimum absolute atomic E-state index is 0.189. The van der Waals surface area contributed by atoms with Crippen molar-refractivity contribution in [2.75, 3.05) is 6.54 Å². The van der Waals surface area contributed by atoms with E-state index in [1.165, 1.54) is 23.3 Å². The topological polar surface area (TPSA) is 12.0 Å². The zero-order valence-corrected chi connectivity index (χ0v) is 13.5. The van der Waals surface area contributed by atoms with Crippen LogP contribution in [0, 0.1) is 0 Å². The number of hydrogen-bond acceptors (Lipinski definition) is 2. The Kier molecular flexibility index (Phi) is 5.38. The van der Waals surface area contributed by atoms with Crippen molar-refractivity contribution < 1.29 is 0 Å². The lowest BCUT2D eigenvalue weighted by Crippen LogP contribution is -2.34. The molecule has 2 rings (SSSR count). The van der Waals surface area contributed by atoms with Gasteiger partial charge in [0.25, 0.3) is 0 Å². The first kappa shape index (κ1) is 15.3. The lowest BCUT2D eigenvalue weighted by Gasteiger charge is -2.28. The van der Waals surface area contributed by atoms with Gasteiger partial charge < -0.3 is 5.32 Å². The van der Waals surface area contributed by atoms with E-state index in [4.69, 9.17) is 0 Å². The van der Waals surface area contributed by atoms with E-state index in [-0.39, 0.29) is 5.41 Å². The third-order valence-electron chi connectivity index (χ3n) is 3.76. The molecule has 0 amide bonds. The highest BCUT2D eigenvalue weighted by molar-refractivity contribution is 7.10. The molecule has 0 spiro atoms. The van der Waals surface area contributed by atoms with Gasteiger partial charge in [-0.3, -0.25) is 0 Å². The van der Waals surface area contributed by atoms with E-state index in [1.807, 2.05) is 11.3 Å². The summed E-state index contributed by atoms with van der Waals surface area (Å²) in [5, 5.41) is 5.94. The molecule has 20 heavy (non-hydrogen) atoms. The van der Waals surface area contributed by atoms with Crippen LogP contribution in [0.25, 0.3) is 0 Å². The fraction of sp³-hybridized carbons (Fsp3) is 0.444. The Hall–Kier alpha value is -1.12. The minimum Gasteiger partial charge on any atom is -0.309 e. The molecule has 0 saturated carbocycles. The Labute approximate surface area is 127 Å². The highest BCUT2D eigenvalue weighted by atomic mass is 32.1. The van der Waals surface area contributed by atoms with Gasteiger partial charge in [0.2, 0.25) is 0 Å². The molecule has 0 aliphatic heterocycles. The van der Waals surface area contributed by atoms with Crippen LogP contribution in [0.3, 0.4) is 0 Å². The van der Waals surface area contributed by atoms with E-state index in [1.54, 1.807) is 0 Å². The zero-order chi connectivity index (χ0) is 14.4. The first-order chi connectivity index (χ1) is 9.63. The van der Waals surface area contributed by atoms with Crippen molar-refractivity contribution in [3.05, 3.63) is 58.3 Å². The third kappa shape index (κ3) is 3.94. The Morgan fingerprint density at radius 1 is 1.10 bits per heavy atom. The van der Waals surface area contributed by atoms with E-state index in [0.29, 0.717) is 6.04 Å².